The molecule has 1 aromatic rings. The summed E-state index contributed by atoms with van der Waals surface area (Å²) in [5, 5.41) is 3.57. The summed E-state index contributed by atoms with van der Waals surface area (Å²) >= 11 is 0. The first kappa shape index (κ1) is 13.3. The van der Waals surface area contributed by atoms with Gasteiger partial charge in [0.2, 0.25) is 5.91 Å². The van der Waals surface area contributed by atoms with Gasteiger partial charge in [0.25, 0.3) is 0 Å². The van der Waals surface area contributed by atoms with E-state index in [0.29, 0.717) is 6.04 Å². The average molecular weight is 288 g/mol. The Morgan fingerprint density at radius 2 is 1.95 bits per heavy atom. The number of nitrogens with one attached hydrogen (secondary N) is 1. The van der Waals surface area contributed by atoms with Crippen molar-refractivity contribution in [2.24, 2.45) is 0 Å². The molecule has 1 unspecified atom stereocenters. The minimum absolute atomic E-state index is 0.156. The van der Waals surface area contributed by atoms with E-state index in [1.165, 1.54) is 12.5 Å². The van der Waals surface area contributed by atoms with Crippen molar-refractivity contribution in [2.75, 3.05) is 0 Å². The summed E-state index contributed by atoms with van der Waals surface area (Å²) < 4.78 is 13.6. The van der Waals surface area contributed by atoms with E-state index in [1.54, 1.807) is 12.1 Å². The molecule has 2 saturated carbocycles. The Bertz CT molecular complexity index is 564. The molecule has 0 bridgehead atoms. The summed E-state index contributed by atoms with van der Waals surface area (Å²) in [7, 11) is 0. The first-order valence-corrected chi connectivity index (χ1v) is 8.06. The lowest BCUT2D eigenvalue weighted by Crippen LogP contribution is -2.47. The Hall–Kier alpha value is -1.42. The van der Waals surface area contributed by atoms with E-state index in [2.05, 4.69) is 5.32 Å². The molecule has 1 N–H and O–H groups in total. The summed E-state index contributed by atoms with van der Waals surface area (Å²) in [6.45, 7) is 0. The van der Waals surface area contributed by atoms with Crippen LogP contribution in [0.4, 0.5) is 4.39 Å². The molecule has 112 valence electrons. The zero-order chi connectivity index (χ0) is 14.4. The topological polar surface area (TPSA) is 32.3 Å². The van der Waals surface area contributed by atoms with Crippen LogP contribution in [0.3, 0.4) is 0 Å². The Morgan fingerprint density at radius 3 is 2.57 bits per heavy atom. The van der Waals surface area contributed by atoms with Crippen LogP contribution in [0.2, 0.25) is 0 Å². The highest BCUT2D eigenvalue weighted by atomic mass is 19.1. The van der Waals surface area contributed by atoms with E-state index in [1.807, 2.05) is 11.0 Å². The van der Waals surface area contributed by atoms with Gasteiger partial charge in [-0.15, -0.1) is 0 Å². The van der Waals surface area contributed by atoms with Crippen molar-refractivity contribution in [1.29, 1.82) is 0 Å². The van der Waals surface area contributed by atoms with Crippen molar-refractivity contribution >= 4 is 5.91 Å². The smallest absolute Gasteiger partial charge is 0.244 e. The van der Waals surface area contributed by atoms with Crippen LogP contribution in [-0.4, -0.2) is 22.4 Å². The van der Waals surface area contributed by atoms with Crippen molar-refractivity contribution < 1.29 is 9.18 Å². The predicted octanol–water partition coefficient (Wildman–Crippen LogP) is 3.12. The highest BCUT2D eigenvalue weighted by molar-refractivity contribution is 5.89. The standard InChI is InChI=1S/C17H21FN2O/c18-13-6-3-5-12(11-13)15-19-17(9-1-2-10-17)16(21)20(15)14-7-4-8-14/h3,5-6,11,14-15,19H,1-2,4,7-10H2. The number of nitrogens with zero attached hydrogens (tertiary/aromatic N) is 1. The molecule has 1 aromatic carbocycles. The number of amides is 1. The molecule has 1 aliphatic heterocycles. The van der Waals surface area contributed by atoms with E-state index in [9.17, 15) is 9.18 Å². The fourth-order valence-electron chi connectivity index (χ4n) is 4.06. The Morgan fingerprint density at radius 1 is 1.19 bits per heavy atom. The largest absolute Gasteiger partial charge is 0.318 e. The van der Waals surface area contributed by atoms with Crippen LogP contribution >= 0.6 is 0 Å². The van der Waals surface area contributed by atoms with E-state index in [-0.39, 0.29) is 23.4 Å². The van der Waals surface area contributed by atoms with E-state index >= 15 is 0 Å². The highest BCUT2D eigenvalue weighted by Gasteiger charge is 2.54. The summed E-state index contributed by atoms with van der Waals surface area (Å²) in [4.78, 5) is 15.0. The second-order valence-corrected chi connectivity index (χ2v) is 6.69. The van der Waals surface area contributed by atoms with Crippen LogP contribution in [0, 0.1) is 5.82 Å². The van der Waals surface area contributed by atoms with Gasteiger partial charge < -0.3 is 4.90 Å². The molecular weight excluding hydrogens is 267 g/mol. The quantitative estimate of drug-likeness (QED) is 0.907. The highest BCUT2D eigenvalue weighted by Crippen LogP contribution is 2.44. The number of halogens is 1. The number of benzene rings is 1. The molecule has 1 atom stereocenters. The van der Waals surface area contributed by atoms with Crippen LogP contribution in [0.15, 0.2) is 24.3 Å². The van der Waals surface area contributed by atoms with Gasteiger partial charge in [-0.05, 0) is 49.8 Å². The second kappa shape index (κ2) is 4.80. The number of hydrogen-bond donors (Lipinski definition) is 1. The zero-order valence-electron chi connectivity index (χ0n) is 12.1. The molecule has 1 saturated heterocycles. The zero-order valence-corrected chi connectivity index (χ0v) is 12.1. The molecule has 2 aliphatic carbocycles. The maximum Gasteiger partial charge on any atom is 0.244 e. The van der Waals surface area contributed by atoms with Gasteiger partial charge in [-0.25, -0.2) is 4.39 Å². The van der Waals surface area contributed by atoms with E-state index < -0.39 is 0 Å². The van der Waals surface area contributed by atoms with Gasteiger partial charge in [0.05, 0.1) is 5.54 Å². The second-order valence-electron chi connectivity index (χ2n) is 6.69. The molecule has 3 fully saturated rings. The lowest BCUT2D eigenvalue weighted by atomic mass is 9.89. The molecule has 21 heavy (non-hydrogen) atoms. The lowest BCUT2D eigenvalue weighted by Gasteiger charge is -2.38. The predicted molar refractivity (Wildman–Crippen MR) is 78.0 cm³/mol. The molecule has 1 spiro atoms. The number of rotatable bonds is 2. The van der Waals surface area contributed by atoms with Crippen molar-refractivity contribution in [2.45, 2.75) is 62.7 Å². The average Bonchev–Trinajstić information content (AvgIpc) is 2.99. The van der Waals surface area contributed by atoms with Crippen molar-refractivity contribution in [3.63, 3.8) is 0 Å². The van der Waals surface area contributed by atoms with Crippen LogP contribution < -0.4 is 5.32 Å². The SMILES string of the molecule is O=C1N(C2CCC2)C(c2cccc(F)c2)NC12CCCC2. The first-order valence-electron chi connectivity index (χ1n) is 8.06. The van der Waals surface area contributed by atoms with Gasteiger partial charge in [-0.2, -0.15) is 0 Å². The van der Waals surface area contributed by atoms with E-state index in [4.69, 9.17) is 0 Å². The van der Waals surface area contributed by atoms with Crippen LogP contribution in [0.5, 0.6) is 0 Å². The van der Waals surface area contributed by atoms with Crippen LogP contribution in [-0.2, 0) is 4.79 Å². The summed E-state index contributed by atoms with van der Waals surface area (Å²) in [5.74, 6) is 0.0154. The minimum atomic E-state index is -0.382. The van der Waals surface area contributed by atoms with Gasteiger partial charge in [0, 0.05) is 6.04 Å². The maximum absolute atomic E-state index is 13.6. The fraction of sp³-hybridized carbons (Fsp3) is 0.588. The monoisotopic (exact) mass is 288 g/mol. The van der Waals surface area contributed by atoms with Gasteiger partial charge >= 0.3 is 0 Å². The third-order valence-corrected chi connectivity index (χ3v) is 5.42. The summed E-state index contributed by atoms with van der Waals surface area (Å²) in [6, 6.07) is 7.01. The molecule has 3 aliphatic rings. The fourth-order valence-corrected chi connectivity index (χ4v) is 4.06. The molecule has 0 aromatic heterocycles. The van der Waals surface area contributed by atoms with Gasteiger partial charge in [-0.3, -0.25) is 10.1 Å². The molecule has 0 radical (unpaired) electrons. The third kappa shape index (κ3) is 2.00. The number of carbonyl (C=O) groups is 1. The van der Waals surface area contributed by atoms with E-state index in [0.717, 1.165) is 44.1 Å². The van der Waals surface area contributed by atoms with Gasteiger partial charge in [0.15, 0.2) is 0 Å². The minimum Gasteiger partial charge on any atom is -0.318 e. The third-order valence-electron chi connectivity index (χ3n) is 5.42. The van der Waals surface area contributed by atoms with Crippen molar-refractivity contribution in [3.8, 4) is 0 Å². The molecule has 4 rings (SSSR count). The Labute approximate surface area is 124 Å². The Kier molecular flexibility index (Phi) is 3.03. The lowest BCUT2D eigenvalue weighted by molar-refractivity contribution is -0.137. The molecule has 1 heterocycles. The van der Waals surface area contributed by atoms with Crippen molar-refractivity contribution in [3.05, 3.63) is 35.6 Å². The normalized spacial score (nSPS) is 28.3. The Balaban J connectivity index is 1.71. The molecular formula is C17H21FN2O. The van der Waals surface area contributed by atoms with Gasteiger partial charge in [0.1, 0.15) is 12.0 Å². The number of carbonyl (C=O) groups excluding carboxylic acids is 1. The van der Waals surface area contributed by atoms with Gasteiger partial charge in [-0.1, -0.05) is 25.0 Å². The van der Waals surface area contributed by atoms with Crippen LogP contribution in [0.25, 0.3) is 0 Å². The van der Waals surface area contributed by atoms with Crippen LogP contribution in [0.1, 0.15) is 56.7 Å². The molecule has 3 nitrogen and oxygen atoms in total. The maximum atomic E-state index is 13.6. The number of hydrogen-bond acceptors (Lipinski definition) is 2. The molecule has 4 heteroatoms. The summed E-state index contributed by atoms with van der Waals surface area (Å²) in [6.07, 6.45) is 7.24. The van der Waals surface area contributed by atoms with Crippen molar-refractivity contribution in [1.82, 2.24) is 10.2 Å². The summed E-state index contributed by atoms with van der Waals surface area (Å²) in [5.41, 5.74) is 0.492. The molecule has 1 amide bonds. The first-order chi connectivity index (χ1) is 10.2.